The molecule has 0 aromatic carbocycles. The van der Waals surface area contributed by atoms with Gasteiger partial charge in [-0.2, -0.15) is 0 Å². The van der Waals surface area contributed by atoms with E-state index < -0.39 is 6.17 Å². The van der Waals surface area contributed by atoms with E-state index in [-0.39, 0.29) is 0 Å². The minimum atomic E-state index is -0.783. The lowest BCUT2D eigenvalue weighted by molar-refractivity contribution is 0.351. The number of halogens is 1. The Balaban J connectivity index is 2.36. The highest BCUT2D eigenvalue weighted by atomic mass is 19.1. The van der Waals surface area contributed by atoms with Crippen LogP contribution in [0.15, 0.2) is 11.8 Å². The molecule has 0 saturated carbocycles. The van der Waals surface area contributed by atoms with Crippen LogP contribution >= 0.6 is 0 Å². The first kappa shape index (κ1) is 9.52. The van der Waals surface area contributed by atoms with Crippen molar-refractivity contribution in [2.24, 2.45) is 0 Å². The Bertz CT molecular complexity index is 177. The van der Waals surface area contributed by atoms with E-state index in [0.717, 1.165) is 5.70 Å². The lowest BCUT2D eigenvalue weighted by Crippen LogP contribution is -2.32. The molecule has 0 fully saturated rings. The fourth-order valence-corrected chi connectivity index (χ4v) is 1.42. The summed E-state index contributed by atoms with van der Waals surface area (Å²) in [6.45, 7) is 6.13. The second kappa shape index (κ2) is 3.90. The molecule has 0 aromatic heterocycles. The van der Waals surface area contributed by atoms with Crippen LogP contribution in [-0.4, -0.2) is 24.8 Å². The van der Waals surface area contributed by atoms with Gasteiger partial charge in [0.1, 0.15) is 6.17 Å². The van der Waals surface area contributed by atoms with Gasteiger partial charge in [-0.25, -0.2) is 4.39 Å². The number of hydrogen-bond acceptors (Lipinski definition) is 2. The molecule has 1 heterocycles. The van der Waals surface area contributed by atoms with Crippen LogP contribution in [0.1, 0.15) is 20.8 Å². The van der Waals surface area contributed by atoms with E-state index in [1.165, 1.54) is 0 Å². The summed E-state index contributed by atoms with van der Waals surface area (Å²) in [6, 6.07) is 0.733. The summed E-state index contributed by atoms with van der Waals surface area (Å²) in [6.07, 6.45) is 1.32. The highest BCUT2D eigenvalue weighted by molar-refractivity contribution is 5.17. The molecule has 1 rings (SSSR count). The highest BCUT2D eigenvalue weighted by Gasteiger charge is 2.18. The lowest BCUT2D eigenvalue weighted by Gasteiger charge is -2.13. The van der Waals surface area contributed by atoms with Gasteiger partial charge in [-0.05, 0) is 26.8 Å². The summed E-state index contributed by atoms with van der Waals surface area (Å²) in [4.78, 5) is 0. The molecule has 2 nitrogen and oxygen atoms in total. The first-order valence-electron chi connectivity index (χ1n) is 4.45. The molecule has 12 heavy (non-hydrogen) atoms. The molecule has 0 amide bonds. The summed E-state index contributed by atoms with van der Waals surface area (Å²) in [5.74, 6) is 0. The van der Waals surface area contributed by atoms with E-state index in [1.54, 1.807) is 6.92 Å². The lowest BCUT2D eigenvalue weighted by atomic mass is 10.2. The zero-order chi connectivity index (χ0) is 9.14. The largest absolute Gasteiger partial charge is 0.384 e. The zero-order valence-electron chi connectivity index (χ0n) is 7.89. The second-order valence-electron chi connectivity index (χ2n) is 3.46. The third kappa shape index (κ3) is 2.48. The van der Waals surface area contributed by atoms with Gasteiger partial charge in [0, 0.05) is 24.3 Å². The molecule has 0 bridgehead atoms. The SMILES string of the molecule is CC(F)CNC1=C[C@H](C)N[C@H]1C. The van der Waals surface area contributed by atoms with Gasteiger partial charge in [0.05, 0.1) is 0 Å². The smallest absolute Gasteiger partial charge is 0.114 e. The number of nitrogens with one attached hydrogen (secondary N) is 2. The van der Waals surface area contributed by atoms with Crippen LogP contribution < -0.4 is 10.6 Å². The number of alkyl halides is 1. The third-order valence-corrected chi connectivity index (χ3v) is 2.00. The van der Waals surface area contributed by atoms with Gasteiger partial charge in [0.15, 0.2) is 0 Å². The topological polar surface area (TPSA) is 24.1 Å². The van der Waals surface area contributed by atoms with Gasteiger partial charge in [0.25, 0.3) is 0 Å². The molecule has 1 aliphatic heterocycles. The molecule has 1 aliphatic rings. The first-order chi connectivity index (χ1) is 5.59. The molecule has 2 N–H and O–H groups in total. The highest BCUT2D eigenvalue weighted by Crippen LogP contribution is 2.09. The molecule has 1 unspecified atom stereocenters. The second-order valence-corrected chi connectivity index (χ2v) is 3.46. The predicted octanol–water partition coefficient (Wildman–Crippen LogP) is 1.20. The van der Waals surface area contributed by atoms with Gasteiger partial charge < -0.3 is 10.6 Å². The Morgan fingerprint density at radius 3 is 2.75 bits per heavy atom. The standard InChI is InChI=1S/C9H17FN2/c1-6(10)5-11-9-4-7(2)12-8(9)3/h4,6-8,11-12H,5H2,1-3H3/t6?,7-,8-/m0/s1. The van der Waals surface area contributed by atoms with Crippen LogP contribution in [0.4, 0.5) is 4.39 Å². The zero-order valence-corrected chi connectivity index (χ0v) is 7.89. The van der Waals surface area contributed by atoms with Crippen molar-refractivity contribution >= 4 is 0 Å². The number of hydrogen-bond donors (Lipinski definition) is 2. The Morgan fingerprint density at radius 1 is 1.67 bits per heavy atom. The quantitative estimate of drug-likeness (QED) is 0.668. The Kier molecular flexibility index (Phi) is 3.09. The van der Waals surface area contributed by atoms with Crippen molar-refractivity contribution in [2.75, 3.05) is 6.54 Å². The maximum Gasteiger partial charge on any atom is 0.114 e. The molecular weight excluding hydrogens is 155 g/mol. The Labute approximate surface area is 73.2 Å². The fraction of sp³-hybridized carbons (Fsp3) is 0.778. The van der Waals surface area contributed by atoms with E-state index in [9.17, 15) is 4.39 Å². The van der Waals surface area contributed by atoms with E-state index in [2.05, 4.69) is 30.6 Å². The molecule has 0 spiro atoms. The van der Waals surface area contributed by atoms with Gasteiger partial charge in [-0.3, -0.25) is 0 Å². The summed E-state index contributed by atoms with van der Waals surface area (Å²) >= 11 is 0. The predicted molar refractivity (Wildman–Crippen MR) is 48.7 cm³/mol. The van der Waals surface area contributed by atoms with Crippen LogP contribution in [0.25, 0.3) is 0 Å². The summed E-state index contributed by atoms with van der Waals surface area (Å²) in [5.41, 5.74) is 1.12. The van der Waals surface area contributed by atoms with Crippen LogP contribution in [0, 0.1) is 0 Å². The minimum absolute atomic E-state index is 0.332. The number of rotatable bonds is 3. The van der Waals surface area contributed by atoms with Gasteiger partial charge in [-0.1, -0.05) is 0 Å². The van der Waals surface area contributed by atoms with Crippen LogP contribution in [0.2, 0.25) is 0 Å². The summed E-state index contributed by atoms with van der Waals surface area (Å²) in [7, 11) is 0. The molecule has 3 heteroatoms. The normalized spacial score (nSPS) is 31.5. The van der Waals surface area contributed by atoms with Crippen LogP contribution in [0.3, 0.4) is 0 Å². The van der Waals surface area contributed by atoms with Gasteiger partial charge >= 0.3 is 0 Å². The maximum atomic E-state index is 12.5. The van der Waals surface area contributed by atoms with E-state index >= 15 is 0 Å². The molecular formula is C9H17FN2. The van der Waals surface area contributed by atoms with Crippen molar-refractivity contribution in [1.82, 2.24) is 10.6 Å². The molecule has 0 saturated heterocycles. The van der Waals surface area contributed by atoms with Crippen molar-refractivity contribution in [3.05, 3.63) is 11.8 Å². The van der Waals surface area contributed by atoms with Crippen LogP contribution in [-0.2, 0) is 0 Å². The van der Waals surface area contributed by atoms with Crippen LogP contribution in [0.5, 0.6) is 0 Å². The van der Waals surface area contributed by atoms with Gasteiger partial charge in [-0.15, -0.1) is 0 Å². The van der Waals surface area contributed by atoms with Crippen molar-refractivity contribution in [2.45, 2.75) is 39.0 Å². The van der Waals surface area contributed by atoms with Gasteiger partial charge in [0.2, 0.25) is 0 Å². The molecule has 0 radical (unpaired) electrons. The van der Waals surface area contributed by atoms with E-state index in [0.29, 0.717) is 18.6 Å². The third-order valence-electron chi connectivity index (χ3n) is 2.00. The molecule has 3 atom stereocenters. The van der Waals surface area contributed by atoms with Crippen molar-refractivity contribution in [3.63, 3.8) is 0 Å². The summed E-state index contributed by atoms with van der Waals surface area (Å²) in [5, 5.41) is 6.40. The maximum absolute atomic E-state index is 12.5. The van der Waals surface area contributed by atoms with Crippen molar-refractivity contribution in [1.29, 1.82) is 0 Å². The first-order valence-corrected chi connectivity index (χ1v) is 4.45. The fourth-order valence-electron chi connectivity index (χ4n) is 1.42. The minimum Gasteiger partial charge on any atom is -0.384 e. The monoisotopic (exact) mass is 172 g/mol. The van der Waals surface area contributed by atoms with E-state index in [1.807, 2.05) is 0 Å². The Hall–Kier alpha value is -0.570. The van der Waals surface area contributed by atoms with Crippen molar-refractivity contribution in [3.8, 4) is 0 Å². The molecule has 0 aliphatic carbocycles. The molecule has 70 valence electrons. The summed E-state index contributed by atoms with van der Waals surface area (Å²) < 4.78 is 12.5. The average molecular weight is 172 g/mol. The molecule has 0 aromatic rings. The average Bonchev–Trinajstić information content (AvgIpc) is 2.26. The van der Waals surface area contributed by atoms with E-state index in [4.69, 9.17) is 0 Å². The Morgan fingerprint density at radius 2 is 2.33 bits per heavy atom. The van der Waals surface area contributed by atoms with Crippen molar-refractivity contribution < 1.29 is 4.39 Å².